The van der Waals surface area contributed by atoms with Gasteiger partial charge >= 0.3 is 0 Å². The van der Waals surface area contributed by atoms with Gasteiger partial charge in [0.2, 0.25) is 5.91 Å². The smallest absolute Gasteiger partial charge is 0.219 e. The number of benzene rings is 2. The Hall–Kier alpha value is -2.83. The second-order valence-electron chi connectivity index (χ2n) is 7.19. The summed E-state index contributed by atoms with van der Waals surface area (Å²) in [6, 6.07) is 7.76. The Bertz CT molecular complexity index is 903. The van der Waals surface area contributed by atoms with Crippen LogP contribution in [0.2, 0.25) is 0 Å². The highest BCUT2D eigenvalue weighted by atomic mass is 19.1. The summed E-state index contributed by atoms with van der Waals surface area (Å²) < 4.78 is 43.8. The number of ether oxygens (including phenoxy) is 3. The van der Waals surface area contributed by atoms with Crippen LogP contribution in [0, 0.1) is 17.6 Å². The molecule has 2 aromatic rings. The molecule has 2 atom stereocenters. The minimum atomic E-state index is -0.730. The highest BCUT2D eigenvalue weighted by Gasteiger charge is 2.36. The summed E-state index contributed by atoms with van der Waals surface area (Å²) in [7, 11) is 4.50. The molecule has 0 radical (unpaired) electrons. The van der Waals surface area contributed by atoms with Crippen molar-refractivity contribution in [1.29, 1.82) is 0 Å². The van der Waals surface area contributed by atoms with Crippen molar-refractivity contribution >= 4 is 5.91 Å². The molecule has 0 saturated carbocycles. The van der Waals surface area contributed by atoms with E-state index in [1.165, 1.54) is 20.1 Å². The van der Waals surface area contributed by atoms with Gasteiger partial charge < -0.3 is 19.1 Å². The molecule has 1 aliphatic rings. The van der Waals surface area contributed by atoms with E-state index in [0.717, 1.165) is 11.6 Å². The number of methoxy groups -OCH3 is 3. The van der Waals surface area contributed by atoms with Gasteiger partial charge in [-0.1, -0.05) is 6.07 Å². The van der Waals surface area contributed by atoms with Gasteiger partial charge in [-0.2, -0.15) is 0 Å². The van der Waals surface area contributed by atoms with Crippen molar-refractivity contribution in [2.45, 2.75) is 19.3 Å². The van der Waals surface area contributed by atoms with Gasteiger partial charge in [0.05, 0.1) is 21.3 Å². The first-order chi connectivity index (χ1) is 13.9. The van der Waals surface area contributed by atoms with E-state index in [1.807, 2.05) is 18.2 Å². The molecule has 0 aliphatic carbocycles. The molecule has 0 aromatic heterocycles. The maximum atomic E-state index is 14.1. The molecule has 0 N–H and O–H groups in total. The van der Waals surface area contributed by atoms with Gasteiger partial charge in [-0.3, -0.25) is 4.79 Å². The molecule has 156 valence electrons. The zero-order valence-corrected chi connectivity index (χ0v) is 17.0. The van der Waals surface area contributed by atoms with E-state index in [1.54, 1.807) is 19.1 Å². The van der Waals surface area contributed by atoms with Gasteiger partial charge in [0.25, 0.3) is 0 Å². The Morgan fingerprint density at radius 1 is 1.03 bits per heavy atom. The molecule has 29 heavy (non-hydrogen) atoms. The number of carbonyl (C=O) groups is 1. The molecule has 0 spiro atoms. The Morgan fingerprint density at radius 2 is 1.76 bits per heavy atom. The number of carbonyl (C=O) groups excluding carboxylic acids is 1. The molecule has 3 rings (SSSR count). The van der Waals surface area contributed by atoms with Crippen molar-refractivity contribution < 1.29 is 27.8 Å². The topological polar surface area (TPSA) is 48.0 Å². The van der Waals surface area contributed by atoms with Crippen molar-refractivity contribution in [3.05, 3.63) is 53.1 Å². The lowest BCUT2D eigenvalue weighted by atomic mass is 9.84. The summed E-state index contributed by atoms with van der Waals surface area (Å²) >= 11 is 0. The molecule has 7 heteroatoms. The number of hydrogen-bond donors (Lipinski definition) is 0. The Morgan fingerprint density at radius 3 is 2.38 bits per heavy atom. The summed E-state index contributed by atoms with van der Waals surface area (Å²) in [4.78, 5) is 13.8. The molecule has 0 bridgehead atoms. The Kier molecular flexibility index (Phi) is 6.25. The third-order valence-corrected chi connectivity index (χ3v) is 5.49. The lowest BCUT2D eigenvalue weighted by Gasteiger charge is -2.21. The predicted octanol–water partition coefficient (Wildman–Crippen LogP) is 3.80. The quantitative estimate of drug-likeness (QED) is 0.734. The van der Waals surface area contributed by atoms with Gasteiger partial charge in [0, 0.05) is 37.6 Å². The average Bonchev–Trinajstić information content (AvgIpc) is 3.11. The molecule has 2 aromatic carbocycles. The van der Waals surface area contributed by atoms with Gasteiger partial charge in [-0.05, 0) is 36.1 Å². The lowest BCUT2D eigenvalue weighted by Crippen LogP contribution is -2.26. The summed E-state index contributed by atoms with van der Waals surface area (Å²) in [6.45, 7) is 2.54. The van der Waals surface area contributed by atoms with Crippen molar-refractivity contribution in [3.63, 3.8) is 0 Å². The van der Waals surface area contributed by atoms with Crippen molar-refractivity contribution in [2.24, 2.45) is 5.92 Å². The number of halogens is 2. The maximum Gasteiger partial charge on any atom is 0.219 e. The third kappa shape index (κ3) is 4.28. The van der Waals surface area contributed by atoms with Crippen LogP contribution in [-0.4, -0.2) is 45.2 Å². The van der Waals surface area contributed by atoms with E-state index >= 15 is 0 Å². The standard InChI is InChI=1S/C22H25F2NO4/c1-13(26)25-11-16(7-15-8-17(23)10-19(24)22(15)29-4)18(12-25)14-5-6-20(27-2)21(9-14)28-3/h5-6,8-10,16,18H,7,11-12H2,1-4H3/t16-,18+/m0/s1. The highest BCUT2D eigenvalue weighted by molar-refractivity contribution is 5.73. The van der Waals surface area contributed by atoms with E-state index < -0.39 is 11.6 Å². The van der Waals surface area contributed by atoms with Crippen LogP contribution in [0.3, 0.4) is 0 Å². The molecule has 0 unspecified atom stereocenters. The van der Waals surface area contributed by atoms with Gasteiger partial charge in [-0.25, -0.2) is 8.78 Å². The van der Waals surface area contributed by atoms with E-state index in [-0.39, 0.29) is 23.5 Å². The van der Waals surface area contributed by atoms with E-state index in [2.05, 4.69) is 0 Å². The minimum absolute atomic E-state index is 0.0188. The Balaban J connectivity index is 1.97. The molecule has 1 saturated heterocycles. The van der Waals surface area contributed by atoms with Crippen LogP contribution in [0.25, 0.3) is 0 Å². The monoisotopic (exact) mass is 405 g/mol. The van der Waals surface area contributed by atoms with Crippen LogP contribution in [0.4, 0.5) is 8.78 Å². The molecule has 1 amide bonds. The van der Waals surface area contributed by atoms with Crippen molar-refractivity contribution in [3.8, 4) is 17.2 Å². The van der Waals surface area contributed by atoms with E-state index in [9.17, 15) is 13.6 Å². The second-order valence-corrected chi connectivity index (χ2v) is 7.19. The first-order valence-electron chi connectivity index (χ1n) is 9.37. The first-order valence-corrected chi connectivity index (χ1v) is 9.37. The van der Waals surface area contributed by atoms with Crippen LogP contribution in [0.5, 0.6) is 17.2 Å². The molecule has 1 heterocycles. The zero-order valence-electron chi connectivity index (χ0n) is 17.0. The maximum absolute atomic E-state index is 14.1. The average molecular weight is 405 g/mol. The summed E-state index contributed by atoms with van der Waals surface area (Å²) in [5.41, 5.74) is 1.43. The van der Waals surface area contributed by atoms with Crippen molar-refractivity contribution in [1.82, 2.24) is 4.90 Å². The van der Waals surface area contributed by atoms with Crippen molar-refractivity contribution in [2.75, 3.05) is 34.4 Å². The lowest BCUT2D eigenvalue weighted by molar-refractivity contribution is -0.127. The number of rotatable bonds is 6. The number of nitrogens with zero attached hydrogens (tertiary/aromatic N) is 1. The van der Waals surface area contributed by atoms with Crippen LogP contribution in [0.15, 0.2) is 30.3 Å². The molecular weight excluding hydrogens is 380 g/mol. The van der Waals surface area contributed by atoms with Crippen LogP contribution in [-0.2, 0) is 11.2 Å². The second kappa shape index (κ2) is 8.68. The first kappa shape index (κ1) is 20.9. The normalized spacial score (nSPS) is 18.6. The fourth-order valence-corrected chi connectivity index (χ4v) is 4.07. The minimum Gasteiger partial charge on any atom is -0.493 e. The van der Waals surface area contributed by atoms with Gasteiger partial charge in [-0.15, -0.1) is 0 Å². The van der Waals surface area contributed by atoms with Crippen LogP contribution >= 0.6 is 0 Å². The summed E-state index contributed by atoms with van der Waals surface area (Å²) in [6.07, 6.45) is 0.376. The van der Waals surface area contributed by atoms with Gasteiger partial charge in [0.1, 0.15) is 5.82 Å². The number of likely N-dealkylation sites (tertiary alicyclic amines) is 1. The fourth-order valence-electron chi connectivity index (χ4n) is 4.07. The number of amides is 1. The molecule has 1 aliphatic heterocycles. The summed E-state index contributed by atoms with van der Waals surface area (Å²) in [5.74, 6) is -0.215. The van der Waals surface area contributed by atoms with E-state index in [4.69, 9.17) is 14.2 Å². The zero-order chi connectivity index (χ0) is 21.1. The summed E-state index contributed by atoms with van der Waals surface area (Å²) in [5, 5.41) is 0. The molecular formula is C22H25F2NO4. The van der Waals surface area contributed by atoms with E-state index in [0.29, 0.717) is 36.6 Å². The SMILES string of the molecule is COc1ccc([C@H]2CN(C(C)=O)C[C@@H]2Cc2cc(F)cc(F)c2OC)cc1OC. The highest BCUT2D eigenvalue weighted by Crippen LogP contribution is 2.40. The Labute approximate surface area is 169 Å². The van der Waals surface area contributed by atoms with Crippen LogP contribution in [0.1, 0.15) is 24.0 Å². The largest absolute Gasteiger partial charge is 0.493 e. The molecule has 5 nitrogen and oxygen atoms in total. The molecule has 1 fully saturated rings. The number of hydrogen-bond acceptors (Lipinski definition) is 4. The van der Waals surface area contributed by atoms with Gasteiger partial charge in [0.15, 0.2) is 23.1 Å². The predicted molar refractivity (Wildman–Crippen MR) is 105 cm³/mol. The third-order valence-electron chi connectivity index (χ3n) is 5.49. The fraction of sp³-hybridized carbons (Fsp3) is 0.409. The van der Waals surface area contributed by atoms with Crippen LogP contribution < -0.4 is 14.2 Å².